The Labute approximate surface area is 144 Å². The van der Waals surface area contributed by atoms with Crippen LogP contribution in [0.1, 0.15) is 11.1 Å². The van der Waals surface area contributed by atoms with Crippen molar-refractivity contribution in [2.75, 3.05) is 13.2 Å². The summed E-state index contributed by atoms with van der Waals surface area (Å²) >= 11 is 0. The summed E-state index contributed by atoms with van der Waals surface area (Å²) in [6.45, 7) is 2.21. The minimum absolute atomic E-state index is 0.0546. The fraction of sp³-hybridized carbons (Fsp3) is 0.211. The Hall–Kier alpha value is -2.76. The van der Waals surface area contributed by atoms with Gasteiger partial charge in [-0.05, 0) is 24.6 Å². The predicted molar refractivity (Wildman–Crippen MR) is 90.2 cm³/mol. The lowest BCUT2D eigenvalue weighted by molar-refractivity contribution is -0.117. The monoisotopic (exact) mass is 349 g/mol. The van der Waals surface area contributed by atoms with Crippen LogP contribution in [0.3, 0.4) is 0 Å². The van der Waals surface area contributed by atoms with Crippen molar-refractivity contribution in [2.24, 2.45) is 0 Å². The van der Waals surface area contributed by atoms with Gasteiger partial charge in [0.1, 0.15) is 12.4 Å². The Bertz CT molecular complexity index is 723. The number of alkyl halides is 3. The van der Waals surface area contributed by atoms with Gasteiger partial charge < -0.3 is 10.1 Å². The van der Waals surface area contributed by atoms with Crippen LogP contribution >= 0.6 is 0 Å². The number of rotatable bonds is 6. The molecule has 0 saturated heterocycles. The summed E-state index contributed by atoms with van der Waals surface area (Å²) < 4.78 is 44.8. The largest absolute Gasteiger partial charge is 0.492 e. The molecule has 1 amide bonds. The minimum atomic E-state index is -4.61. The Morgan fingerprint density at radius 1 is 1.08 bits per heavy atom. The van der Waals surface area contributed by atoms with Crippen LogP contribution in [0.4, 0.5) is 13.2 Å². The summed E-state index contributed by atoms with van der Waals surface area (Å²) in [5, 5.41) is 2.40. The van der Waals surface area contributed by atoms with Gasteiger partial charge in [-0.3, -0.25) is 4.79 Å². The van der Waals surface area contributed by atoms with E-state index < -0.39 is 17.7 Å². The molecule has 0 unspecified atom stereocenters. The van der Waals surface area contributed by atoms with Crippen LogP contribution in [0.25, 0.3) is 5.57 Å². The summed E-state index contributed by atoms with van der Waals surface area (Å²) in [7, 11) is 0. The number of carbonyl (C=O) groups is 1. The molecule has 0 radical (unpaired) electrons. The van der Waals surface area contributed by atoms with Crippen LogP contribution in [-0.2, 0) is 4.79 Å². The molecule has 0 heterocycles. The third-order valence-electron chi connectivity index (χ3n) is 3.36. The van der Waals surface area contributed by atoms with Crippen molar-refractivity contribution in [1.82, 2.24) is 5.32 Å². The van der Waals surface area contributed by atoms with E-state index >= 15 is 0 Å². The van der Waals surface area contributed by atoms with Gasteiger partial charge in [0.05, 0.1) is 12.1 Å². The van der Waals surface area contributed by atoms with E-state index in [1.165, 1.54) is 24.3 Å². The molecule has 0 fully saturated rings. The summed E-state index contributed by atoms with van der Waals surface area (Å²) in [5.41, 5.74) is 0.0532. The average molecular weight is 349 g/mol. The SMILES string of the molecule is Cc1ccc(OCCNC(=O)/C=C(/c2ccccc2)C(F)(F)F)cc1. The number of aryl methyl sites for hydroxylation is 1. The molecule has 0 spiro atoms. The number of halogens is 3. The topological polar surface area (TPSA) is 38.3 Å². The van der Waals surface area contributed by atoms with Crippen molar-refractivity contribution < 1.29 is 22.7 Å². The van der Waals surface area contributed by atoms with E-state index in [1.54, 1.807) is 18.2 Å². The zero-order valence-electron chi connectivity index (χ0n) is 13.6. The van der Waals surface area contributed by atoms with Gasteiger partial charge in [0.2, 0.25) is 5.91 Å². The maximum Gasteiger partial charge on any atom is 0.417 e. The first-order valence-electron chi connectivity index (χ1n) is 7.68. The molecule has 0 aromatic heterocycles. The molecule has 1 N–H and O–H groups in total. The maximum atomic E-state index is 13.1. The van der Waals surface area contributed by atoms with Crippen LogP contribution in [0.2, 0.25) is 0 Å². The molecule has 0 saturated carbocycles. The van der Waals surface area contributed by atoms with Crippen LogP contribution in [0.5, 0.6) is 5.75 Å². The summed E-state index contributed by atoms with van der Waals surface area (Å²) in [5.74, 6) is -0.181. The molecule has 2 aromatic rings. The molecular weight excluding hydrogens is 331 g/mol. The van der Waals surface area contributed by atoms with E-state index in [0.29, 0.717) is 11.8 Å². The third kappa shape index (κ3) is 5.99. The van der Waals surface area contributed by atoms with Gasteiger partial charge in [0.25, 0.3) is 0 Å². The number of nitrogens with one attached hydrogen (secondary N) is 1. The van der Waals surface area contributed by atoms with Crippen molar-refractivity contribution in [1.29, 1.82) is 0 Å². The molecule has 2 aromatic carbocycles. The average Bonchev–Trinajstić information content (AvgIpc) is 2.58. The Kier molecular flexibility index (Phi) is 6.22. The number of allylic oxidation sites excluding steroid dienone is 1. The molecule has 25 heavy (non-hydrogen) atoms. The lowest BCUT2D eigenvalue weighted by Crippen LogP contribution is -2.27. The number of amides is 1. The third-order valence-corrected chi connectivity index (χ3v) is 3.36. The zero-order valence-corrected chi connectivity index (χ0v) is 13.6. The van der Waals surface area contributed by atoms with E-state index in [2.05, 4.69) is 5.32 Å². The number of hydrogen-bond acceptors (Lipinski definition) is 2. The number of ether oxygens (including phenoxy) is 1. The highest BCUT2D eigenvalue weighted by Crippen LogP contribution is 2.33. The highest BCUT2D eigenvalue weighted by molar-refractivity contribution is 5.96. The van der Waals surface area contributed by atoms with Gasteiger partial charge in [-0.2, -0.15) is 13.2 Å². The molecule has 2 rings (SSSR count). The van der Waals surface area contributed by atoms with Crippen molar-refractivity contribution >= 4 is 11.5 Å². The highest BCUT2D eigenvalue weighted by Gasteiger charge is 2.35. The quantitative estimate of drug-likeness (QED) is 0.629. The fourth-order valence-corrected chi connectivity index (χ4v) is 2.11. The number of carbonyl (C=O) groups excluding carboxylic acids is 1. The molecule has 132 valence electrons. The van der Waals surface area contributed by atoms with Crippen LogP contribution in [0, 0.1) is 6.92 Å². The summed E-state index contributed by atoms with van der Waals surface area (Å²) in [4.78, 5) is 11.8. The Balaban J connectivity index is 1.92. The van der Waals surface area contributed by atoms with Gasteiger partial charge in [-0.15, -0.1) is 0 Å². The standard InChI is InChI=1S/C19H18F3NO2/c1-14-7-9-16(10-8-14)25-12-11-23-18(24)13-17(19(20,21)22)15-5-3-2-4-6-15/h2-10,13H,11-12H2,1H3,(H,23,24)/b17-13-. The van der Waals surface area contributed by atoms with Gasteiger partial charge in [-0.25, -0.2) is 0 Å². The zero-order chi connectivity index (χ0) is 18.3. The van der Waals surface area contributed by atoms with E-state index in [-0.39, 0.29) is 18.7 Å². The molecular formula is C19H18F3NO2. The van der Waals surface area contributed by atoms with Gasteiger partial charge in [0.15, 0.2) is 0 Å². The summed E-state index contributed by atoms with van der Waals surface area (Å²) in [6, 6.07) is 14.5. The van der Waals surface area contributed by atoms with E-state index in [4.69, 9.17) is 4.74 Å². The van der Waals surface area contributed by atoms with Gasteiger partial charge in [-0.1, -0.05) is 48.0 Å². The lowest BCUT2D eigenvalue weighted by atomic mass is 10.1. The summed E-state index contributed by atoms with van der Waals surface area (Å²) in [6.07, 6.45) is -4.04. The molecule has 0 bridgehead atoms. The van der Waals surface area contributed by atoms with E-state index in [0.717, 1.165) is 5.56 Å². The fourth-order valence-electron chi connectivity index (χ4n) is 2.11. The minimum Gasteiger partial charge on any atom is -0.492 e. The van der Waals surface area contributed by atoms with Gasteiger partial charge >= 0.3 is 6.18 Å². The first-order valence-corrected chi connectivity index (χ1v) is 7.68. The molecule has 0 aliphatic rings. The van der Waals surface area contributed by atoms with Crippen LogP contribution in [-0.4, -0.2) is 25.2 Å². The van der Waals surface area contributed by atoms with Crippen molar-refractivity contribution in [3.63, 3.8) is 0 Å². The van der Waals surface area contributed by atoms with Crippen molar-refractivity contribution in [3.05, 3.63) is 71.8 Å². The van der Waals surface area contributed by atoms with Crippen LogP contribution in [0.15, 0.2) is 60.7 Å². The predicted octanol–water partition coefficient (Wildman–Crippen LogP) is 4.14. The second kappa shape index (κ2) is 8.37. The first kappa shape index (κ1) is 18.6. The van der Waals surface area contributed by atoms with Crippen molar-refractivity contribution in [3.8, 4) is 5.75 Å². The molecule has 6 heteroatoms. The maximum absolute atomic E-state index is 13.1. The van der Waals surface area contributed by atoms with E-state index in [9.17, 15) is 18.0 Å². The number of hydrogen-bond donors (Lipinski definition) is 1. The first-order chi connectivity index (χ1) is 11.9. The second-order valence-electron chi connectivity index (χ2n) is 5.37. The Morgan fingerprint density at radius 3 is 2.32 bits per heavy atom. The molecule has 0 atom stereocenters. The highest BCUT2D eigenvalue weighted by atomic mass is 19.4. The second-order valence-corrected chi connectivity index (χ2v) is 5.37. The van der Waals surface area contributed by atoms with Crippen molar-refractivity contribution in [2.45, 2.75) is 13.1 Å². The van der Waals surface area contributed by atoms with E-state index in [1.807, 2.05) is 19.1 Å². The smallest absolute Gasteiger partial charge is 0.417 e. The normalized spacial score (nSPS) is 11.9. The van der Waals surface area contributed by atoms with Gasteiger partial charge in [0, 0.05) is 6.08 Å². The number of benzene rings is 2. The molecule has 0 aliphatic carbocycles. The Morgan fingerprint density at radius 2 is 1.72 bits per heavy atom. The van der Waals surface area contributed by atoms with Crippen LogP contribution < -0.4 is 10.1 Å². The lowest BCUT2D eigenvalue weighted by Gasteiger charge is -2.12. The molecule has 3 nitrogen and oxygen atoms in total. The molecule has 0 aliphatic heterocycles.